The molecule has 9 nitrogen and oxygen atoms in total. The summed E-state index contributed by atoms with van der Waals surface area (Å²) in [6.07, 6.45) is 6.76. The largest absolute Gasteiger partial charge is 0.393 e. The zero-order chi connectivity index (χ0) is 27.4. The Morgan fingerprint density at radius 1 is 0.500 bits per heavy atom. The summed E-state index contributed by atoms with van der Waals surface area (Å²) < 4.78 is 0. The van der Waals surface area contributed by atoms with E-state index in [4.69, 9.17) is 0 Å². The number of aliphatic hydroxyl groups excluding tert-OH is 3. The van der Waals surface area contributed by atoms with Crippen molar-refractivity contribution in [1.82, 2.24) is 16.0 Å². The molecule has 0 saturated heterocycles. The Hall–Kier alpha value is -1.71. The molecule has 3 amide bonds. The predicted molar refractivity (Wildman–Crippen MR) is 140 cm³/mol. The van der Waals surface area contributed by atoms with Gasteiger partial charge in [0.05, 0.1) is 18.3 Å². The van der Waals surface area contributed by atoms with Crippen LogP contribution in [0.5, 0.6) is 0 Å². The molecule has 3 fully saturated rings. The van der Waals surface area contributed by atoms with Gasteiger partial charge in [-0.25, -0.2) is 0 Å². The van der Waals surface area contributed by atoms with Crippen LogP contribution in [0.15, 0.2) is 0 Å². The van der Waals surface area contributed by atoms with Crippen LogP contribution in [0, 0.1) is 17.8 Å². The first-order valence-corrected chi connectivity index (χ1v) is 13.7. The first-order valence-electron chi connectivity index (χ1n) is 13.7. The lowest BCUT2D eigenvalue weighted by molar-refractivity contribution is -0.125. The number of amides is 3. The molecular weight excluding hydrogens is 462 g/mol. The molecule has 0 aliphatic heterocycles. The maximum absolute atomic E-state index is 11.2. The first-order chi connectivity index (χ1) is 16.8. The first kappa shape index (κ1) is 32.3. The number of hydrogen-bond acceptors (Lipinski definition) is 6. The minimum Gasteiger partial charge on any atom is -0.393 e. The van der Waals surface area contributed by atoms with Gasteiger partial charge >= 0.3 is 0 Å². The third-order valence-electron chi connectivity index (χ3n) is 6.83. The molecule has 0 heterocycles. The second kappa shape index (κ2) is 16.2. The summed E-state index contributed by atoms with van der Waals surface area (Å²) in [5.74, 6) is 0.408. The van der Waals surface area contributed by atoms with E-state index in [1.807, 2.05) is 41.5 Å². The summed E-state index contributed by atoms with van der Waals surface area (Å²) in [6, 6.07) is 0.611. The van der Waals surface area contributed by atoms with Crippen LogP contribution in [0.3, 0.4) is 0 Å². The van der Waals surface area contributed by atoms with E-state index in [1.165, 1.54) is 0 Å². The Labute approximate surface area is 217 Å². The average molecular weight is 514 g/mol. The van der Waals surface area contributed by atoms with Crippen molar-refractivity contribution < 1.29 is 29.7 Å². The van der Waals surface area contributed by atoms with Gasteiger partial charge in [-0.3, -0.25) is 14.4 Å². The Morgan fingerprint density at radius 2 is 0.722 bits per heavy atom. The van der Waals surface area contributed by atoms with E-state index >= 15 is 0 Å². The van der Waals surface area contributed by atoms with Gasteiger partial charge in [0.2, 0.25) is 17.7 Å². The van der Waals surface area contributed by atoms with Crippen molar-refractivity contribution >= 4 is 17.7 Å². The van der Waals surface area contributed by atoms with E-state index in [2.05, 4.69) is 16.0 Å². The number of rotatable bonds is 6. The lowest BCUT2D eigenvalue weighted by Gasteiger charge is -2.13. The molecular formula is C27H51N3O6. The molecule has 3 saturated carbocycles. The van der Waals surface area contributed by atoms with E-state index < -0.39 is 0 Å². The van der Waals surface area contributed by atoms with Gasteiger partial charge in [-0.2, -0.15) is 0 Å². The smallest absolute Gasteiger partial charge is 0.222 e. The molecule has 3 rings (SSSR count). The summed E-state index contributed by atoms with van der Waals surface area (Å²) in [6.45, 7) is 11.3. The molecule has 2 unspecified atom stereocenters. The van der Waals surface area contributed by atoms with E-state index in [-0.39, 0.29) is 71.9 Å². The van der Waals surface area contributed by atoms with Gasteiger partial charge in [0.1, 0.15) is 0 Å². The van der Waals surface area contributed by atoms with Crippen molar-refractivity contribution in [2.75, 3.05) is 0 Å². The van der Waals surface area contributed by atoms with Crippen molar-refractivity contribution in [1.29, 1.82) is 0 Å². The third-order valence-corrected chi connectivity index (χ3v) is 6.83. The number of nitrogens with one attached hydrogen (secondary N) is 3. The molecule has 210 valence electrons. The Morgan fingerprint density at radius 3 is 0.861 bits per heavy atom. The minimum atomic E-state index is -0.206. The number of aliphatic hydroxyl groups is 3. The van der Waals surface area contributed by atoms with Crippen LogP contribution in [-0.4, -0.2) is 69.5 Å². The molecule has 6 atom stereocenters. The normalized spacial score (nSPS) is 29.3. The fraction of sp³-hybridized carbons (Fsp3) is 0.889. The van der Waals surface area contributed by atoms with Crippen LogP contribution >= 0.6 is 0 Å². The van der Waals surface area contributed by atoms with Gasteiger partial charge in [0, 0.05) is 35.9 Å². The topological polar surface area (TPSA) is 148 Å². The highest BCUT2D eigenvalue weighted by Crippen LogP contribution is 2.20. The summed E-state index contributed by atoms with van der Waals surface area (Å²) in [5.41, 5.74) is 0. The molecule has 0 aromatic heterocycles. The molecule has 6 N–H and O–H groups in total. The highest BCUT2D eigenvalue weighted by atomic mass is 16.3. The van der Waals surface area contributed by atoms with Crippen LogP contribution < -0.4 is 16.0 Å². The molecule has 0 spiro atoms. The van der Waals surface area contributed by atoms with Crippen molar-refractivity contribution in [3.05, 3.63) is 0 Å². The molecule has 0 aromatic carbocycles. The second-order valence-corrected chi connectivity index (χ2v) is 11.5. The van der Waals surface area contributed by atoms with Gasteiger partial charge in [-0.1, -0.05) is 41.5 Å². The van der Waals surface area contributed by atoms with Crippen LogP contribution in [0.2, 0.25) is 0 Å². The monoisotopic (exact) mass is 513 g/mol. The lowest BCUT2D eigenvalue weighted by atomic mass is 10.1. The molecule has 0 aromatic rings. The predicted octanol–water partition coefficient (Wildman–Crippen LogP) is 2.02. The Balaban J connectivity index is 0.000000270. The zero-order valence-electron chi connectivity index (χ0n) is 23.1. The van der Waals surface area contributed by atoms with E-state index in [0.717, 1.165) is 57.8 Å². The molecule has 3 aliphatic rings. The van der Waals surface area contributed by atoms with Gasteiger partial charge in [-0.15, -0.1) is 0 Å². The fourth-order valence-electron chi connectivity index (χ4n) is 4.37. The molecule has 36 heavy (non-hydrogen) atoms. The molecule has 3 aliphatic carbocycles. The van der Waals surface area contributed by atoms with Crippen molar-refractivity contribution in [2.45, 2.75) is 136 Å². The van der Waals surface area contributed by atoms with Gasteiger partial charge < -0.3 is 31.3 Å². The lowest BCUT2D eigenvalue weighted by Crippen LogP contribution is -2.36. The Bertz CT molecular complexity index is 594. The fourth-order valence-corrected chi connectivity index (χ4v) is 4.37. The van der Waals surface area contributed by atoms with Gasteiger partial charge in [-0.05, 0) is 57.8 Å². The van der Waals surface area contributed by atoms with Crippen molar-refractivity contribution in [3.8, 4) is 0 Å². The molecule has 9 heteroatoms. The summed E-state index contributed by atoms with van der Waals surface area (Å²) in [5, 5.41) is 36.3. The highest BCUT2D eigenvalue weighted by molar-refractivity contribution is 5.79. The van der Waals surface area contributed by atoms with Gasteiger partial charge in [0.25, 0.3) is 0 Å². The average Bonchev–Trinajstić information content (AvgIpc) is 3.50. The van der Waals surface area contributed by atoms with E-state index in [1.54, 1.807) is 0 Å². The van der Waals surface area contributed by atoms with Crippen molar-refractivity contribution in [2.24, 2.45) is 17.8 Å². The highest BCUT2D eigenvalue weighted by Gasteiger charge is 2.26. The Kier molecular flexibility index (Phi) is 14.5. The maximum Gasteiger partial charge on any atom is 0.222 e. The van der Waals surface area contributed by atoms with Crippen LogP contribution in [-0.2, 0) is 14.4 Å². The zero-order valence-corrected chi connectivity index (χ0v) is 23.1. The summed E-state index contributed by atoms with van der Waals surface area (Å²) in [4.78, 5) is 33.6. The summed E-state index contributed by atoms with van der Waals surface area (Å²) in [7, 11) is 0. The number of carbonyl (C=O) groups is 3. The molecule has 0 radical (unpaired) electrons. The van der Waals surface area contributed by atoms with Crippen LogP contribution in [0.4, 0.5) is 0 Å². The SMILES string of the molecule is CC(C)C(=O)NC1CCC(O)C1.CC(C)C(=O)N[C@@H]1CC[C@H](O)C1.CC(C)C(=O)N[C@H]1CC[C@@H](O)C1. The summed E-state index contributed by atoms with van der Waals surface area (Å²) >= 11 is 0. The minimum absolute atomic E-state index is 0.0442. The number of carbonyl (C=O) groups excluding carboxylic acids is 3. The van der Waals surface area contributed by atoms with Crippen LogP contribution in [0.1, 0.15) is 99.3 Å². The van der Waals surface area contributed by atoms with Crippen LogP contribution in [0.25, 0.3) is 0 Å². The van der Waals surface area contributed by atoms with Gasteiger partial charge in [0.15, 0.2) is 0 Å². The quantitative estimate of drug-likeness (QED) is 0.320. The maximum atomic E-state index is 11.2. The number of hydrogen-bond donors (Lipinski definition) is 6. The molecule has 0 bridgehead atoms. The third kappa shape index (κ3) is 13.0. The second-order valence-electron chi connectivity index (χ2n) is 11.5. The van der Waals surface area contributed by atoms with E-state index in [9.17, 15) is 29.7 Å². The standard InChI is InChI=1S/3C9H17NO2/c3*1-6(2)9(12)10-7-3-4-8(11)5-7/h3*6-8,11H,3-5H2,1-2H3,(H,10,12)/t2*7-,8+;/m10./s1. The van der Waals surface area contributed by atoms with Crippen molar-refractivity contribution in [3.63, 3.8) is 0 Å². The van der Waals surface area contributed by atoms with E-state index in [0.29, 0.717) is 0 Å².